The molecule has 0 N–H and O–H groups in total. The van der Waals surface area contributed by atoms with E-state index < -0.39 is 7.75 Å². The molecule has 5 nitrogen and oxygen atoms in total. The third-order valence-electron chi connectivity index (χ3n) is 2.17. The molecule has 0 spiro atoms. The van der Waals surface area contributed by atoms with E-state index in [0.29, 0.717) is 5.56 Å². The second-order valence-corrected chi connectivity index (χ2v) is 5.63. The van der Waals surface area contributed by atoms with Crippen LogP contribution in [-0.4, -0.2) is 30.1 Å². The van der Waals surface area contributed by atoms with Crippen LogP contribution in [0.5, 0.6) is 0 Å². The lowest BCUT2D eigenvalue weighted by Gasteiger charge is -2.28. The van der Waals surface area contributed by atoms with Gasteiger partial charge in [-0.15, -0.1) is 4.83 Å². The zero-order valence-corrected chi connectivity index (χ0v) is 12.9. The Bertz CT molecular complexity index is 444. The molecule has 0 unspecified atom stereocenters. The average Bonchev–Trinajstić information content (AvgIpc) is 2.40. The van der Waals surface area contributed by atoms with E-state index in [1.807, 2.05) is 18.2 Å². The largest absolute Gasteiger partial charge is 0.459 e. The smallest absolute Gasteiger partial charge is 0.291 e. The number of hydrogen-bond acceptors (Lipinski definition) is 5. The molecule has 0 fully saturated rings. The van der Waals surface area contributed by atoms with Crippen molar-refractivity contribution >= 4 is 25.0 Å². The van der Waals surface area contributed by atoms with Crippen molar-refractivity contribution < 1.29 is 18.5 Å². The highest BCUT2D eigenvalue weighted by molar-refractivity contribution is 7.81. The monoisotopic (exact) mass is 303 g/mol. The van der Waals surface area contributed by atoms with Crippen molar-refractivity contribution in [1.82, 2.24) is 4.83 Å². The number of rotatable bonds is 7. The molecule has 1 aromatic carbocycles. The summed E-state index contributed by atoms with van der Waals surface area (Å²) < 4.78 is 23.1. The predicted octanol–water partition coefficient (Wildman–Crippen LogP) is 3.41. The SMILES string of the molecule is CCOP(=O)(OCC)N(OC)C(=S)c1ccccc1. The van der Waals surface area contributed by atoms with E-state index in [-0.39, 0.29) is 18.2 Å². The van der Waals surface area contributed by atoms with Gasteiger partial charge in [-0.2, -0.15) is 0 Å². The third kappa shape index (κ3) is 4.09. The van der Waals surface area contributed by atoms with Crippen LogP contribution in [0.1, 0.15) is 19.4 Å². The molecule has 1 aromatic rings. The van der Waals surface area contributed by atoms with Crippen molar-refractivity contribution in [2.75, 3.05) is 20.3 Å². The minimum atomic E-state index is -3.58. The normalized spacial score (nSPS) is 11.3. The number of benzene rings is 1. The van der Waals surface area contributed by atoms with Gasteiger partial charge in [0.25, 0.3) is 0 Å². The molecular weight excluding hydrogens is 285 g/mol. The van der Waals surface area contributed by atoms with Crippen LogP contribution in [-0.2, 0) is 18.5 Å². The number of thiocarbonyl (C=S) groups is 1. The summed E-state index contributed by atoms with van der Waals surface area (Å²) in [4.78, 5) is 6.41. The van der Waals surface area contributed by atoms with Gasteiger partial charge in [-0.25, -0.2) is 4.57 Å². The van der Waals surface area contributed by atoms with Crippen LogP contribution in [0.25, 0.3) is 0 Å². The van der Waals surface area contributed by atoms with Crippen LogP contribution >= 0.6 is 20.0 Å². The number of nitrogens with zero attached hydrogens (tertiary/aromatic N) is 1. The van der Waals surface area contributed by atoms with Crippen LogP contribution in [0, 0.1) is 0 Å². The molecule has 0 amide bonds. The summed E-state index contributed by atoms with van der Waals surface area (Å²) >= 11 is 5.29. The summed E-state index contributed by atoms with van der Waals surface area (Å²) in [6.45, 7) is 3.92. The number of hydroxylamine groups is 1. The van der Waals surface area contributed by atoms with E-state index in [4.69, 9.17) is 26.1 Å². The molecule has 0 radical (unpaired) electrons. The van der Waals surface area contributed by atoms with Crippen molar-refractivity contribution in [3.63, 3.8) is 0 Å². The summed E-state index contributed by atoms with van der Waals surface area (Å²) in [5, 5.41) is 0. The second-order valence-electron chi connectivity index (χ2n) is 3.43. The Morgan fingerprint density at radius 2 is 1.74 bits per heavy atom. The molecule has 19 heavy (non-hydrogen) atoms. The highest BCUT2D eigenvalue weighted by atomic mass is 32.1. The Morgan fingerprint density at radius 1 is 1.21 bits per heavy atom. The van der Waals surface area contributed by atoms with Crippen LogP contribution in [0.3, 0.4) is 0 Å². The summed E-state index contributed by atoms with van der Waals surface area (Å²) in [6, 6.07) is 9.14. The van der Waals surface area contributed by atoms with E-state index >= 15 is 0 Å². The zero-order valence-electron chi connectivity index (χ0n) is 11.2. The molecule has 0 heterocycles. The number of hydrogen-bond donors (Lipinski definition) is 0. The molecule has 0 atom stereocenters. The van der Waals surface area contributed by atoms with E-state index in [1.54, 1.807) is 26.0 Å². The van der Waals surface area contributed by atoms with Crippen LogP contribution < -0.4 is 0 Å². The van der Waals surface area contributed by atoms with Crippen LogP contribution in [0.15, 0.2) is 30.3 Å². The molecule has 0 saturated carbocycles. The Morgan fingerprint density at radius 3 is 2.16 bits per heavy atom. The topological polar surface area (TPSA) is 48.0 Å². The molecular formula is C12H18NO4PS. The molecule has 0 aromatic heterocycles. The Hall–Kier alpha value is -0.780. The average molecular weight is 303 g/mol. The fourth-order valence-electron chi connectivity index (χ4n) is 1.45. The molecule has 0 aliphatic heterocycles. The van der Waals surface area contributed by atoms with Crippen LogP contribution in [0.2, 0.25) is 0 Å². The lowest BCUT2D eigenvalue weighted by atomic mass is 10.2. The molecule has 0 bridgehead atoms. The molecule has 1 rings (SSSR count). The van der Waals surface area contributed by atoms with Crippen molar-refractivity contribution in [2.45, 2.75) is 13.8 Å². The lowest BCUT2D eigenvalue weighted by molar-refractivity contribution is -0.0198. The molecule has 0 aliphatic carbocycles. The second kappa shape index (κ2) is 7.72. The van der Waals surface area contributed by atoms with Crippen molar-refractivity contribution in [3.8, 4) is 0 Å². The van der Waals surface area contributed by atoms with Gasteiger partial charge in [-0.3, -0.25) is 13.9 Å². The Labute approximate surface area is 119 Å². The lowest BCUT2D eigenvalue weighted by Crippen LogP contribution is -2.28. The molecule has 106 valence electrons. The fourth-order valence-corrected chi connectivity index (χ4v) is 3.44. The summed E-state index contributed by atoms with van der Waals surface area (Å²) in [5.41, 5.74) is 0.707. The van der Waals surface area contributed by atoms with Crippen molar-refractivity contribution in [1.29, 1.82) is 0 Å². The first kappa shape index (κ1) is 16.3. The molecule has 0 aliphatic rings. The first-order chi connectivity index (χ1) is 9.09. The van der Waals surface area contributed by atoms with E-state index in [0.717, 1.165) is 4.83 Å². The first-order valence-corrected chi connectivity index (χ1v) is 7.82. The van der Waals surface area contributed by atoms with Gasteiger partial charge >= 0.3 is 7.75 Å². The van der Waals surface area contributed by atoms with Gasteiger partial charge < -0.3 is 0 Å². The quantitative estimate of drug-likeness (QED) is 0.437. The van der Waals surface area contributed by atoms with E-state index in [9.17, 15) is 4.57 Å². The maximum atomic E-state index is 12.6. The standard InChI is InChI=1S/C12H18NO4PS/c1-4-16-18(14,17-5-2)13(15-3)12(19)11-9-7-6-8-10-11/h6-10H,4-5H2,1-3H3. The van der Waals surface area contributed by atoms with Gasteiger partial charge in [0.05, 0.1) is 20.3 Å². The highest BCUT2D eigenvalue weighted by Crippen LogP contribution is 2.52. The van der Waals surface area contributed by atoms with Gasteiger partial charge in [-0.05, 0) is 13.8 Å². The summed E-state index contributed by atoms with van der Waals surface area (Å²) in [5.74, 6) is 0. The van der Waals surface area contributed by atoms with Crippen molar-refractivity contribution in [2.24, 2.45) is 0 Å². The first-order valence-electron chi connectivity index (χ1n) is 5.92. The van der Waals surface area contributed by atoms with Gasteiger partial charge in [0.1, 0.15) is 4.99 Å². The Kier molecular flexibility index (Phi) is 6.62. The van der Waals surface area contributed by atoms with E-state index in [2.05, 4.69) is 0 Å². The zero-order chi connectivity index (χ0) is 14.3. The van der Waals surface area contributed by atoms with Gasteiger partial charge in [-0.1, -0.05) is 42.5 Å². The predicted molar refractivity (Wildman–Crippen MR) is 77.8 cm³/mol. The third-order valence-corrected chi connectivity index (χ3v) is 4.69. The summed E-state index contributed by atoms with van der Waals surface area (Å²) in [7, 11) is -2.21. The molecule has 0 saturated heterocycles. The molecule has 7 heteroatoms. The van der Waals surface area contributed by atoms with E-state index in [1.165, 1.54) is 7.11 Å². The maximum Gasteiger partial charge on any atom is 0.459 e. The summed E-state index contributed by atoms with van der Waals surface area (Å²) in [6.07, 6.45) is 0. The van der Waals surface area contributed by atoms with Crippen molar-refractivity contribution in [3.05, 3.63) is 35.9 Å². The van der Waals surface area contributed by atoms with Gasteiger partial charge in [0.2, 0.25) is 0 Å². The highest BCUT2D eigenvalue weighted by Gasteiger charge is 2.36. The minimum absolute atomic E-state index is 0.231. The fraction of sp³-hybridized carbons (Fsp3) is 0.417. The van der Waals surface area contributed by atoms with Gasteiger partial charge in [0, 0.05) is 5.56 Å². The maximum absolute atomic E-state index is 12.6. The van der Waals surface area contributed by atoms with Gasteiger partial charge in [0.15, 0.2) is 0 Å². The minimum Gasteiger partial charge on any atom is -0.291 e. The Balaban J connectivity index is 3.04. The van der Waals surface area contributed by atoms with Crippen LogP contribution in [0.4, 0.5) is 0 Å².